The largest absolute Gasteiger partial charge is 0.493 e. The van der Waals surface area contributed by atoms with Gasteiger partial charge >= 0.3 is 0 Å². The van der Waals surface area contributed by atoms with Crippen LogP contribution in [0.2, 0.25) is 0 Å². The minimum absolute atomic E-state index is 0.0462. The third-order valence-corrected chi connectivity index (χ3v) is 2.97. The SMILES string of the molecule is CCOc1cccc(CNC(C)C(=O)N(C)C)c1OC. The van der Waals surface area contributed by atoms with Gasteiger partial charge in [0, 0.05) is 26.2 Å². The summed E-state index contributed by atoms with van der Waals surface area (Å²) in [6, 6.07) is 5.51. The van der Waals surface area contributed by atoms with Crippen molar-refractivity contribution in [3.05, 3.63) is 23.8 Å². The first-order chi connectivity index (χ1) is 9.51. The molecule has 1 unspecified atom stereocenters. The maximum absolute atomic E-state index is 11.8. The fourth-order valence-corrected chi connectivity index (χ4v) is 1.94. The first-order valence-corrected chi connectivity index (χ1v) is 6.74. The zero-order valence-corrected chi connectivity index (χ0v) is 12.9. The van der Waals surface area contributed by atoms with Crippen molar-refractivity contribution in [2.45, 2.75) is 26.4 Å². The van der Waals surface area contributed by atoms with E-state index in [0.717, 1.165) is 11.3 Å². The molecule has 0 aliphatic heterocycles. The van der Waals surface area contributed by atoms with E-state index in [4.69, 9.17) is 9.47 Å². The number of carbonyl (C=O) groups excluding carboxylic acids is 1. The molecular formula is C15H24N2O3. The molecule has 0 spiro atoms. The van der Waals surface area contributed by atoms with E-state index in [1.807, 2.05) is 32.0 Å². The number of carbonyl (C=O) groups is 1. The minimum Gasteiger partial charge on any atom is -0.493 e. The Morgan fingerprint density at radius 3 is 2.65 bits per heavy atom. The quantitative estimate of drug-likeness (QED) is 0.825. The first-order valence-electron chi connectivity index (χ1n) is 6.74. The molecule has 1 aromatic carbocycles. The van der Waals surface area contributed by atoms with Crippen molar-refractivity contribution in [1.82, 2.24) is 10.2 Å². The smallest absolute Gasteiger partial charge is 0.238 e. The van der Waals surface area contributed by atoms with E-state index in [2.05, 4.69) is 5.32 Å². The second-order valence-corrected chi connectivity index (χ2v) is 4.72. The highest BCUT2D eigenvalue weighted by molar-refractivity contribution is 5.80. The van der Waals surface area contributed by atoms with Crippen LogP contribution in [-0.4, -0.2) is 44.7 Å². The van der Waals surface area contributed by atoms with Gasteiger partial charge in [0.15, 0.2) is 11.5 Å². The summed E-state index contributed by atoms with van der Waals surface area (Å²) < 4.78 is 10.9. The van der Waals surface area contributed by atoms with Crippen LogP contribution in [0.5, 0.6) is 11.5 Å². The van der Waals surface area contributed by atoms with E-state index in [1.165, 1.54) is 0 Å². The zero-order valence-electron chi connectivity index (χ0n) is 12.9. The van der Waals surface area contributed by atoms with Crippen LogP contribution in [0.4, 0.5) is 0 Å². The Morgan fingerprint density at radius 2 is 2.10 bits per heavy atom. The van der Waals surface area contributed by atoms with Gasteiger partial charge in [0.1, 0.15) is 0 Å². The van der Waals surface area contributed by atoms with E-state index in [1.54, 1.807) is 26.1 Å². The number of rotatable bonds is 7. The second-order valence-electron chi connectivity index (χ2n) is 4.72. The Balaban J connectivity index is 2.77. The number of nitrogens with zero attached hydrogens (tertiary/aromatic N) is 1. The fraction of sp³-hybridized carbons (Fsp3) is 0.533. The number of nitrogens with one attached hydrogen (secondary N) is 1. The normalized spacial score (nSPS) is 11.8. The van der Waals surface area contributed by atoms with Crippen molar-refractivity contribution in [2.24, 2.45) is 0 Å². The molecule has 112 valence electrons. The van der Waals surface area contributed by atoms with E-state index in [-0.39, 0.29) is 11.9 Å². The van der Waals surface area contributed by atoms with Crippen LogP contribution in [0.1, 0.15) is 19.4 Å². The highest BCUT2D eigenvalue weighted by atomic mass is 16.5. The van der Waals surface area contributed by atoms with Crippen molar-refractivity contribution >= 4 is 5.91 Å². The van der Waals surface area contributed by atoms with Crippen LogP contribution in [-0.2, 0) is 11.3 Å². The number of benzene rings is 1. The number of methoxy groups -OCH3 is 1. The Labute approximate surface area is 120 Å². The Bertz CT molecular complexity index is 447. The average Bonchev–Trinajstić information content (AvgIpc) is 2.44. The topological polar surface area (TPSA) is 50.8 Å². The van der Waals surface area contributed by atoms with Crippen LogP contribution in [0, 0.1) is 0 Å². The second kappa shape index (κ2) is 7.75. The van der Waals surface area contributed by atoms with Crippen molar-refractivity contribution in [2.75, 3.05) is 27.8 Å². The molecule has 1 atom stereocenters. The maximum atomic E-state index is 11.8. The molecule has 0 saturated carbocycles. The van der Waals surface area contributed by atoms with Gasteiger partial charge in [-0.15, -0.1) is 0 Å². The lowest BCUT2D eigenvalue weighted by Gasteiger charge is -2.19. The van der Waals surface area contributed by atoms with Crippen LogP contribution in [0.15, 0.2) is 18.2 Å². The molecule has 0 fully saturated rings. The number of hydrogen-bond donors (Lipinski definition) is 1. The third-order valence-electron chi connectivity index (χ3n) is 2.97. The summed E-state index contributed by atoms with van der Waals surface area (Å²) in [5.74, 6) is 1.48. The summed E-state index contributed by atoms with van der Waals surface area (Å²) in [6.07, 6.45) is 0. The van der Waals surface area contributed by atoms with Crippen molar-refractivity contribution < 1.29 is 14.3 Å². The molecule has 1 rings (SSSR count). The van der Waals surface area contributed by atoms with Crippen molar-refractivity contribution in [3.63, 3.8) is 0 Å². The summed E-state index contributed by atoms with van der Waals surface area (Å²) in [7, 11) is 5.11. The van der Waals surface area contributed by atoms with E-state index < -0.39 is 0 Å². The van der Waals surface area contributed by atoms with Gasteiger partial charge in [0.25, 0.3) is 0 Å². The predicted octanol–water partition coefficient (Wildman–Crippen LogP) is 1.66. The Hall–Kier alpha value is -1.75. The molecule has 20 heavy (non-hydrogen) atoms. The zero-order chi connectivity index (χ0) is 15.1. The molecule has 0 radical (unpaired) electrons. The molecule has 1 aromatic rings. The minimum atomic E-state index is -0.245. The van der Waals surface area contributed by atoms with E-state index in [0.29, 0.717) is 18.9 Å². The third kappa shape index (κ3) is 4.13. The number of amides is 1. The molecule has 0 aliphatic rings. The molecule has 5 heteroatoms. The lowest BCUT2D eigenvalue weighted by molar-refractivity contribution is -0.130. The number of para-hydroxylation sites is 1. The summed E-state index contributed by atoms with van der Waals surface area (Å²) in [5.41, 5.74) is 0.969. The average molecular weight is 280 g/mol. The molecular weight excluding hydrogens is 256 g/mol. The molecule has 0 heterocycles. The Kier molecular flexibility index (Phi) is 6.31. The monoisotopic (exact) mass is 280 g/mol. The van der Waals surface area contributed by atoms with Crippen LogP contribution >= 0.6 is 0 Å². The molecule has 0 aromatic heterocycles. The van der Waals surface area contributed by atoms with Gasteiger partial charge in [-0.1, -0.05) is 12.1 Å². The van der Waals surface area contributed by atoms with Gasteiger partial charge in [0.2, 0.25) is 5.91 Å². The fourth-order valence-electron chi connectivity index (χ4n) is 1.94. The number of ether oxygens (including phenoxy) is 2. The summed E-state index contributed by atoms with van der Waals surface area (Å²) >= 11 is 0. The van der Waals surface area contributed by atoms with E-state index >= 15 is 0 Å². The first kappa shape index (κ1) is 16.3. The highest BCUT2D eigenvalue weighted by Gasteiger charge is 2.16. The summed E-state index contributed by atoms with van der Waals surface area (Å²) in [6.45, 7) is 4.91. The van der Waals surface area contributed by atoms with Gasteiger partial charge in [-0.05, 0) is 19.9 Å². The molecule has 0 aliphatic carbocycles. The van der Waals surface area contributed by atoms with Crippen LogP contribution in [0.3, 0.4) is 0 Å². The molecule has 5 nitrogen and oxygen atoms in total. The standard InChI is InChI=1S/C15H24N2O3/c1-6-20-13-9-7-8-12(14(13)19-5)10-16-11(2)15(18)17(3)4/h7-9,11,16H,6,10H2,1-5H3. The van der Waals surface area contributed by atoms with Crippen LogP contribution in [0.25, 0.3) is 0 Å². The molecule has 1 N–H and O–H groups in total. The van der Waals surface area contributed by atoms with Gasteiger partial charge in [-0.2, -0.15) is 0 Å². The summed E-state index contributed by atoms with van der Waals surface area (Å²) in [4.78, 5) is 13.4. The van der Waals surface area contributed by atoms with Crippen molar-refractivity contribution in [3.8, 4) is 11.5 Å². The summed E-state index contributed by atoms with van der Waals surface area (Å²) in [5, 5.41) is 3.20. The molecule has 0 saturated heterocycles. The van der Waals surface area contributed by atoms with Gasteiger partial charge in [-0.25, -0.2) is 0 Å². The number of likely N-dealkylation sites (N-methyl/N-ethyl adjacent to an activating group) is 1. The number of hydrogen-bond acceptors (Lipinski definition) is 4. The van der Waals surface area contributed by atoms with Crippen LogP contribution < -0.4 is 14.8 Å². The van der Waals surface area contributed by atoms with Crippen molar-refractivity contribution in [1.29, 1.82) is 0 Å². The van der Waals surface area contributed by atoms with Gasteiger partial charge in [-0.3, -0.25) is 4.79 Å². The van der Waals surface area contributed by atoms with Gasteiger partial charge < -0.3 is 19.7 Å². The lowest BCUT2D eigenvalue weighted by atomic mass is 10.1. The lowest BCUT2D eigenvalue weighted by Crippen LogP contribution is -2.41. The predicted molar refractivity (Wildman–Crippen MR) is 79.2 cm³/mol. The molecule has 1 amide bonds. The van der Waals surface area contributed by atoms with Gasteiger partial charge in [0.05, 0.1) is 19.8 Å². The maximum Gasteiger partial charge on any atom is 0.238 e. The molecule has 0 bridgehead atoms. The van der Waals surface area contributed by atoms with E-state index in [9.17, 15) is 4.79 Å². The highest BCUT2D eigenvalue weighted by Crippen LogP contribution is 2.30. The Morgan fingerprint density at radius 1 is 1.40 bits per heavy atom.